The molecule has 0 saturated carbocycles. The summed E-state index contributed by atoms with van der Waals surface area (Å²) in [5.74, 6) is -0.642. The van der Waals surface area contributed by atoms with E-state index < -0.39 is 35.9 Å². The van der Waals surface area contributed by atoms with E-state index in [9.17, 15) is 18.0 Å². The molecule has 0 aliphatic carbocycles. The zero-order valence-electron chi connectivity index (χ0n) is 12.2. The smallest absolute Gasteiger partial charge is 0.428 e. The van der Waals surface area contributed by atoms with Gasteiger partial charge in [0.1, 0.15) is 24.0 Å². The zero-order valence-corrected chi connectivity index (χ0v) is 12.2. The largest absolute Gasteiger partial charge is 0.474 e. The van der Waals surface area contributed by atoms with Gasteiger partial charge in [-0.2, -0.15) is 18.3 Å². The standard InChI is InChI=1S/C13H14F3N3O4/c1-6(20)5-22-11-9(13(14,15)16)3-8(4-17-11)10-7(2)23-12(21)19-18-10/h3-4,6-7,20H,5H2,1-2H3,(H,19,21). The Balaban J connectivity index is 2.38. The van der Waals surface area contributed by atoms with Crippen LogP contribution in [0.4, 0.5) is 18.0 Å². The quantitative estimate of drug-likeness (QED) is 0.875. The van der Waals surface area contributed by atoms with Crippen molar-refractivity contribution in [1.82, 2.24) is 10.4 Å². The molecule has 0 radical (unpaired) electrons. The van der Waals surface area contributed by atoms with Gasteiger partial charge < -0.3 is 14.6 Å². The lowest BCUT2D eigenvalue weighted by molar-refractivity contribution is -0.139. The van der Waals surface area contributed by atoms with Crippen LogP contribution in [0.25, 0.3) is 0 Å². The number of hydrogen-bond acceptors (Lipinski definition) is 6. The number of hydrazone groups is 1. The molecule has 1 aromatic rings. The predicted octanol–water partition coefficient (Wildman–Crippen LogP) is 1.69. The number of ether oxygens (including phenoxy) is 2. The van der Waals surface area contributed by atoms with Gasteiger partial charge in [0, 0.05) is 11.8 Å². The van der Waals surface area contributed by atoms with E-state index in [-0.39, 0.29) is 17.9 Å². The number of alkyl halides is 3. The number of pyridine rings is 1. The second-order valence-electron chi connectivity index (χ2n) is 4.89. The molecule has 1 aliphatic heterocycles. The van der Waals surface area contributed by atoms with Crippen LogP contribution in [0.1, 0.15) is 25.0 Å². The fraction of sp³-hybridized carbons (Fsp3) is 0.462. The molecule has 23 heavy (non-hydrogen) atoms. The van der Waals surface area contributed by atoms with Gasteiger partial charge in [-0.3, -0.25) is 0 Å². The molecule has 2 rings (SSSR count). The molecule has 1 aliphatic rings. The Bertz CT molecular complexity index is 631. The Labute approximate surface area is 129 Å². The topological polar surface area (TPSA) is 93.0 Å². The number of cyclic esters (lactones) is 1. The number of carbonyl (C=O) groups excluding carboxylic acids is 1. The molecule has 2 N–H and O–H groups in total. The van der Waals surface area contributed by atoms with E-state index >= 15 is 0 Å². The maximum atomic E-state index is 13.2. The van der Waals surface area contributed by atoms with E-state index in [4.69, 9.17) is 14.6 Å². The zero-order chi connectivity index (χ0) is 17.2. The molecule has 0 spiro atoms. The van der Waals surface area contributed by atoms with Gasteiger partial charge in [-0.15, -0.1) is 0 Å². The Morgan fingerprint density at radius 3 is 2.78 bits per heavy atom. The number of halogens is 3. The molecule has 1 aromatic heterocycles. The van der Waals surface area contributed by atoms with Gasteiger partial charge >= 0.3 is 12.3 Å². The van der Waals surface area contributed by atoms with E-state index in [1.165, 1.54) is 13.8 Å². The summed E-state index contributed by atoms with van der Waals surface area (Å²) in [4.78, 5) is 14.6. The minimum Gasteiger partial charge on any atom is -0.474 e. The molecule has 0 bridgehead atoms. The third-order valence-corrected chi connectivity index (χ3v) is 2.85. The second-order valence-corrected chi connectivity index (χ2v) is 4.89. The predicted molar refractivity (Wildman–Crippen MR) is 72.0 cm³/mol. The number of rotatable bonds is 4. The molecular formula is C13H14F3N3O4. The number of aliphatic hydroxyl groups excluding tert-OH is 1. The summed E-state index contributed by atoms with van der Waals surface area (Å²) in [6, 6.07) is 0.806. The summed E-state index contributed by atoms with van der Waals surface area (Å²) < 4.78 is 49.2. The van der Waals surface area contributed by atoms with Crippen molar-refractivity contribution in [3.8, 4) is 5.88 Å². The molecule has 2 atom stereocenters. The first-order valence-electron chi connectivity index (χ1n) is 6.61. The molecule has 2 heterocycles. The summed E-state index contributed by atoms with van der Waals surface area (Å²) in [5, 5.41) is 12.8. The molecule has 1 amide bonds. The highest BCUT2D eigenvalue weighted by Gasteiger charge is 2.37. The number of hydrogen-bond donors (Lipinski definition) is 2. The molecular weight excluding hydrogens is 319 g/mol. The summed E-state index contributed by atoms with van der Waals surface area (Å²) >= 11 is 0. The van der Waals surface area contributed by atoms with Crippen LogP contribution in [0.5, 0.6) is 5.88 Å². The molecule has 126 valence electrons. The van der Waals surface area contributed by atoms with Crippen molar-refractivity contribution >= 4 is 11.8 Å². The minimum atomic E-state index is -4.71. The minimum absolute atomic E-state index is 0.0363. The average molecular weight is 333 g/mol. The van der Waals surface area contributed by atoms with Crippen LogP contribution >= 0.6 is 0 Å². The Morgan fingerprint density at radius 2 is 2.22 bits per heavy atom. The van der Waals surface area contributed by atoms with Crippen LogP contribution in [0, 0.1) is 0 Å². The van der Waals surface area contributed by atoms with Crippen LogP contribution < -0.4 is 10.2 Å². The lowest BCUT2D eigenvalue weighted by atomic mass is 10.1. The highest BCUT2D eigenvalue weighted by molar-refractivity contribution is 6.05. The number of nitrogens with one attached hydrogen (secondary N) is 1. The highest BCUT2D eigenvalue weighted by Crippen LogP contribution is 2.36. The van der Waals surface area contributed by atoms with Gasteiger partial charge in [0.25, 0.3) is 0 Å². The Hall–Kier alpha value is -2.36. The van der Waals surface area contributed by atoms with Gasteiger partial charge in [0.05, 0.1) is 6.10 Å². The number of carbonyl (C=O) groups is 1. The van der Waals surface area contributed by atoms with E-state index in [0.717, 1.165) is 12.3 Å². The number of amides is 1. The number of aromatic nitrogens is 1. The van der Waals surface area contributed by atoms with Gasteiger partial charge in [-0.25, -0.2) is 15.2 Å². The molecule has 0 fully saturated rings. The van der Waals surface area contributed by atoms with Gasteiger partial charge in [-0.05, 0) is 19.9 Å². The van der Waals surface area contributed by atoms with Crippen LogP contribution in [-0.2, 0) is 10.9 Å². The molecule has 0 aromatic carbocycles. The Kier molecular flexibility index (Phi) is 4.73. The Morgan fingerprint density at radius 1 is 1.52 bits per heavy atom. The van der Waals surface area contributed by atoms with Crippen LogP contribution in [-0.4, -0.2) is 40.7 Å². The van der Waals surface area contributed by atoms with Gasteiger partial charge in [-0.1, -0.05) is 0 Å². The van der Waals surface area contributed by atoms with Crippen molar-refractivity contribution in [2.45, 2.75) is 32.2 Å². The van der Waals surface area contributed by atoms with Gasteiger partial charge in [0.2, 0.25) is 5.88 Å². The van der Waals surface area contributed by atoms with E-state index in [0.29, 0.717) is 0 Å². The lowest BCUT2D eigenvalue weighted by Crippen LogP contribution is -2.37. The fourth-order valence-corrected chi connectivity index (χ4v) is 1.85. The van der Waals surface area contributed by atoms with E-state index in [1.54, 1.807) is 0 Å². The van der Waals surface area contributed by atoms with Crippen LogP contribution in [0.15, 0.2) is 17.4 Å². The first-order chi connectivity index (χ1) is 10.7. The highest BCUT2D eigenvalue weighted by atomic mass is 19.4. The number of nitrogens with zero attached hydrogens (tertiary/aromatic N) is 2. The first-order valence-corrected chi connectivity index (χ1v) is 6.61. The molecule has 2 unspecified atom stereocenters. The van der Waals surface area contributed by atoms with Crippen molar-refractivity contribution in [1.29, 1.82) is 0 Å². The summed E-state index contributed by atoms with van der Waals surface area (Å²) in [5.41, 5.74) is 1.06. The van der Waals surface area contributed by atoms with Crippen LogP contribution in [0.3, 0.4) is 0 Å². The third-order valence-electron chi connectivity index (χ3n) is 2.85. The second kappa shape index (κ2) is 6.41. The SMILES string of the molecule is CC(O)COc1ncc(C2=NNC(=O)OC2C)cc1C(F)(F)F. The van der Waals surface area contributed by atoms with Crippen LogP contribution in [0.2, 0.25) is 0 Å². The molecule has 7 nitrogen and oxygen atoms in total. The van der Waals surface area contributed by atoms with Crippen molar-refractivity contribution in [3.63, 3.8) is 0 Å². The number of aliphatic hydroxyl groups is 1. The average Bonchev–Trinajstić information content (AvgIpc) is 2.44. The van der Waals surface area contributed by atoms with Crippen molar-refractivity contribution in [2.75, 3.05) is 6.61 Å². The molecule has 0 saturated heterocycles. The summed E-state index contributed by atoms with van der Waals surface area (Å²) in [6.07, 6.45) is -6.13. The third kappa shape index (κ3) is 4.09. The maximum Gasteiger partial charge on any atom is 0.428 e. The first kappa shape index (κ1) is 17.0. The lowest BCUT2D eigenvalue weighted by Gasteiger charge is -2.21. The monoisotopic (exact) mass is 333 g/mol. The normalized spacial score (nSPS) is 19.5. The van der Waals surface area contributed by atoms with E-state index in [1.807, 2.05) is 5.43 Å². The maximum absolute atomic E-state index is 13.2. The van der Waals surface area contributed by atoms with Crippen molar-refractivity contribution in [2.24, 2.45) is 5.10 Å². The summed E-state index contributed by atoms with van der Waals surface area (Å²) in [6.45, 7) is 2.52. The van der Waals surface area contributed by atoms with Crippen molar-refractivity contribution in [3.05, 3.63) is 23.4 Å². The van der Waals surface area contributed by atoms with Gasteiger partial charge in [0.15, 0.2) is 0 Å². The fourth-order valence-electron chi connectivity index (χ4n) is 1.85. The van der Waals surface area contributed by atoms with Crippen molar-refractivity contribution < 1.29 is 32.5 Å². The summed E-state index contributed by atoms with van der Waals surface area (Å²) in [7, 11) is 0. The molecule has 10 heteroatoms. The van der Waals surface area contributed by atoms with E-state index in [2.05, 4.69) is 10.1 Å².